The molecule has 0 aliphatic heterocycles. The maximum atomic E-state index is 13.6. The van der Waals surface area contributed by atoms with Gasteiger partial charge in [0, 0.05) is 18.6 Å². The first kappa shape index (κ1) is 13.5. The lowest BCUT2D eigenvalue weighted by atomic mass is 10.3. The Morgan fingerprint density at radius 2 is 2.00 bits per heavy atom. The van der Waals surface area contributed by atoms with Crippen LogP contribution in [0.5, 0.6) is 0 Å². The summed E-state index contributed by atoms with van der Waals surface area (Å²) in [6.07, 6.45) is 0.583. The van der Waals surface area contributed by atoms with Crippen molar-refractivity contribution in [1.29, 1.82) is 0 Å². The highest BCUT2D eigenvalue weighted by molar-refractivity contribution is 6.33. The van der Waals surface area contributed by atoms with Crippen molar-refractivity contribution in [2.45, 2.75) is 13.3 Å². The topological polar surface area (TPSA) is 63.8 Å². The zero-order valence-electron chi connectivity index (χ0n) is 10.0. The van der Waals surface area contributed by atoms with Crippen LogP contribution in [0.1, 0.15) is 12.7 Å². The molecule has 1 aromatic carbocycles. The van der Waals surface area contributed by atoms with Gasteiger partial charge in [0.05, 0.1) is 10.7 Å². The van der Waals surface area contributed by atoms with E-state index in [1.165, 1.54) is 6.07 Å². The van der Waals surface area contributed by atoms with Gasteiger partial charge < -0.3 is 11.1 Å². The average Bonchev–Trinajstić information content (AvgIpc) is 2.33. The van der Waals surface area contributed by atoms with E-state index in [2.05, 4.69) is 15.3 Å². The Labute approximate surface area is 113 Å². The number of nitrogens with zero attached hydrogens (tertiary/aromatic N) is 2. The third-order valence-corrected chi connectivity index (χ3v) is 2.67. The molecule has 100 valence electrons. The van der Waals surface area contributed by atoms with Crippen LogP contribution in [-0.2, 0) is 6.42 Å². The third kappa shape index (κ3) is 3.08. The number of benzene rings is 1. The fourth-order valence-electron chi connectivity index (χ4n) is 1.53. The van der Waals surface area contributed by atoms with E-state index in [1.807, 2.05) is 6.92 Å². The van der Waals surface area contributed by atoms with Crippen molar-refractivity contribution in [3.05, 3.63) is 40.7 Å². The van der Waals surface area contributed by atoms with Crippen molar-refractivity contribution in [3.8, 4) is 0 Å². The number of nitrogen functional groups attached to an aromatic ring is 1. The average molecular weight is 285 g/mol. The largest absolute Gasteiger partial charge is 0.384 e. The smallest absolute Gasteiger partial charge is 0.151 e. The minimum Gasteiger partial charge on any atom is -0.384 e. The highest BCUT2D eigenvalue weighted by Crippen LogP contribution is 2.29. The van der Waals surface area contributed by atoms with Gasteiger partial charge in [0.15, 0.2) is 5.82 Å². The number of anilines is 3. The highest BCUT2D eigenvalue weighted by Gasteiger charge is 2.11. The van der Waals surface area contributed by atoms with Crippen LogP contribution < -0.4 is 11.1 Å². The molecule has 3 N–H and O–H groups in total. The molecule has 0 saturated heterocycles. The molecule has 0 fully saturated rings. The normalized spacial score (nSPS) is 10.5. The van der Waals surface area contributed by atoms with Crippen LogP contribution >= 0.6 is 11.6 Å². The molecule has 0 bridgehead atoms. The fraction of sp³-hybridized carbons (Fsp3) is 0.167. The summed E-state index contributed by atoms with van der Waals surface area (Å²) in [6, 6.07) is 3.19. The molecule has 0 unspecified atom stereocenters. The number of aryl methyl sites for hydroxylation is 1. The van der Waals surface area contributed by atoms with Crippen LogP contribution in [0, 0.1) is 11.6 Å². The second kappa shape index (κ2) is 5.36. The van der Waals surface area contributed by atoms with E-state index in [0.29, 0.717) is 18.1 Å². The van der Waals surface area contributed by atoms with Crippen LogP contribution in [0.25, 0.3) is 0 Å². The van der Waals surface area contributed by atoms with Crippen molar-refractivity contribution in [1.82, 2.24) is 9.97 Å². The summed E-state index contributed by atoms with van der Waals surface area (Å²) in [5.74, 6) is -0.476. The van der Waals surface area contributed by atoms with E-state index in [9.17, 15) is 8.78 Å². The SMILES string of the molecule is CCc1nc(N)cc(Nc2c(F)cc(F)cc2Cl)n1. The molecular weight excluding hydrogens is 274 g/mol. The van der Waals surface area contributed by atoms with Crippen molar-refractivity contribution >= 4 is 28.9 Å². The monoisotopic (exact) mass is 284 g/mol. The number of aromatic nitrogens is 2. The molecule has 4 nitrogen and oxygen atoms in total. The molecule has 0 aliphatic rings. The van der Waals surface area contributed by atoms with Gasteiger partial charge in [-0.25, -0.2) is 18.7 Å². The molecule has 1 heterocycles. The first-order valence-electron chi connectivity index (χ1n) is 5.54. The third-order valence-electron chi connectivity index (χ3n) is 2.37. The van der Waals surface area contributed by atoms with E-state index in [0.717, 1.165) is 12.1 Å². The van der Waals surface area contributed by atoms with Crippen LogP contribution in [0.15, 0.2) is 18.2 Å². The van der Waals surface area contributed by atoms with Gasteiger partial charge in [-0.2, -0.15) is 0 Å². The molecule has 0 spiro atoms. The summed E-state index contributed by atoms with van der Waals surface area (Å²) in [7, 11) is 0. The molecule has 0 atom stereocenters. The summed E-state index contributed by atoms with van der Waals surface area (Å²) in [4.78, 5) is 8.12. The molecule has 0 saturated carbocycles. The van der Waals surface area contributed by atoms with Gasteiger partial charge >= 0.3 is 0 Å². The quantitative estimate of drug-likeness (QED) is 0.908. The maximum absolute atomic E-state index is 13.6. The molecule has 0 radical (unpaired) electrons. The van der Waals surface area contributed by atoms with E-state index in [1.54, 1.807) is 0 Å². The number of hydrogen-bond acceptors (Lipinski definition) is 4. The van der Waals surface area contributed by atoms with Crippen molar-refractivity contribution in [2.75, 3.05) is 11.1 Å². The lowest BCUT2D eigenvalue weighted by Gasteiger charge is -2.10. The van der Waals surface area contributed by atoms with Crippen LogP contribution in [0.4, 0.5) is 26.1 Å². The summed E-state index contributed by atoms with van der Waals surface area (Å²) in [5.41, 5.74) is 5.56. The highest BCUT2D eigenvalue weighted by atomic mass is 35.5. The molecule has 1 aromatic heterocycles. The maximum Gasteiger partial charge on any atom is 0.151 e. The summed E-state index contributed by atoms with van der Waals surface area (Å²) in [6.45, 7) is 1.87. The van der Waals surface area contributed by atoms with Gasteiger partial charge in [0.25, 0.3) is 0 Å². The van der Waals surface area contributed by atoms with Crippen molar-refractivity contribution in [2.24, 2.45) is 0 Å². The zero-order valence-corrected chi connectivity index (χ0v) is 10.8. The van der Waals surface area contributed by atoms with Crippen LogP contribution in [-0.4, -0.2) is 9.97 Å². The molecule has 2 aromatic rings. The second-order valence-electron chi connectivity index (χ2n) is 3.82. The fourth-order valence-corrected chi connectivity index (χ4v) is 1.77. The Morgan fingerprint density at radius 1 is 1.26 bits per heavy atom. The van der Waals surface area contributed by atoms with Gasteiger partial charge in [-0.15, -0.1) is 0 Å². The van der Waals surface area contributed by atoms with Crippen LogP contribution in [0.3, 0.4) is 0 Å². The molecule has 2 rings (SSSR count). The van der Waals surface area contributed by atoms with Gasteiger partial charge in [0.2, 0.25) is 0 Å². The number of nitrogens with two attached hydrogens (primary N) is 1. The summed E-state index contributed by atoms with van der Waals surface area (Å²) >= 11 is 5.78. The second-order valence-corrected chi connectivity index (χ2v) is 4.22. The lowest BCUT2D eigenvalue weighted by Crippen LogP contribution is -2.04. The Hall–Kier alpha value is -1.95. The van der Waals surface area contributed by atoms with Crippen molar-refractivity contribution < 1.29 is 8.78 Å². The Morgan fingerprint density at radius 3 is 2.63 bits per heavy atom. The molecule has 0 amide bonds. The Balaban J connectivity index is 2.39. The zero-order chi connectivity index (χ0) is 14.0. The number of hydrogen-bond donors (Lipinski definition) is 2. The number of halogens is 3. The van der Waals surface area contributed by atoms with Gasteiger partial charge in [-0.1, -0.05) is 18.5 Å². The van der Waals surface area contributed by atoms with Gasteiger partial charge in [-0.3, -0.25) is 0 Å². The molecular formula is C12H11ClF2N4. The minimum atomic E-state index is -0.805. The first-order chi connectivity index (χ1) is 8.99. The summed E-state index contributed by atoms with van der Waals surface area (Å²) in [5, 5.41) is 2.60. The van der Waals surface area contributed by atoms with E-state index >= 15 is 0 Å². The Kier molecular flexibility index (Phi) is 3.80. The number of nitrogens with one attached hydrogen (secondary N) is 1. The molecule has 7 heteroatoms. The predicted molar refractivity (Wildman–Crippen MR) is 70.5 cm³/mol. The molecule has 0 aliphatic carbocycles. The van der Waals surface area contributed by atoms with E-state index in [-0.39, 0.29) is 16.5 Å². The standard InChI is InChI=1S/C12H11ClF2N4/c1-2-10-17-9(16)5-11(18-10)19-12-7(13)3-6(14)4-8(12)15/h3-5H,2H2,1H3,(H3,16,17,18,19). The predicted octanol–water partition coefficient (Wildman–Crippen LogP) is 3.30. The summed E-state index contributed by atoms with van der Waals surface area (Å²) < 4.78 is 26.6. The molecule has 19 heavy (non-hydrogen) atoms. The Bertz CT molecular complexity index is 596. The van der Waals surface area contributed by atoms with Gasteiger partial charge in [0.1, 0.15) is 23.3 Å². The van der Waals surface area contributed by atoms with Crippen LogP contribution in [0.2, 0.25) is 5.02 Å². The minimum absolute atomic E-state index is 0.0526. The lowest BCUT2D eigenvalue weighted by molar-refractivity contribution is 0.586. The number of rotatable bonds is 3. The van der Waals surface area contributed by atoms with E-state index in [4.69, 9.17) is 17.3 Å². The van der Waals surface area contributed by atoms with Crippen molar-refractivity contribution in [3.63, 3.8) is 0 Å². The van der Waals surface area contributed by atoms with E-state index < -0.39 is 11.6 Å². The first-order valence-corrected chi connectivity index (χ1v) is 5.92. The van der Waals surface area contributed by atoms with Gasteiger partial charge in [-0.05, 0) is 6.07 Å².